The van der Waals surface area contributed by atoms with E-state index >= 15 is 0 Å². The quantitative estimate of drug-likeness (QED) is 0.874. The molecule has 0 aromatic heterocycles. The fourth-order valence-electron chi connectivity index (χ4n) is 2.85. The second-order valence-corrected chi connectivity index (χ2v) is 5.38. The van der Waals surface area contributed by atoms with Crippen LogP contribution in [0.5, 0.6) is 11.5 Å². The Morgan fingerprint density at radius 2 is 2.00 bits per heavy atom. The van der Waals surface area contributed by atoms with E-state index in [2.05, 4.69) is 17.5 Å². The van der Waals surface area contributed by atoms with Gasteiger partial charge in [-0.05, 0) is 50.2 Å². The summed E-state index contributed by atoms with van der Waals surface area (Å²) < 4.78 is 10.7. The number of carbonyl (C=O) groups excluding carboxylic acids is 1. The van der Waals surface area contributed by atoms with Crippen LogP contribution in [0.1, 0.15) is 24.8 Å². The first-order chi connectivity index (χ1) is 10.1. The first kappa shape index (κ1) is 15.6. The molecule has 2 rings (SSSR count). The largest absolute Gasteiger partial charge is 0.493 e. The number of rotatable bonds is 6. The van der Waals surface area contributed by atoms with Gasteiger partial charge in [-0.25, -0.2) is 0 Å². The van der Waals surface area contributed by atoms with Crippen LogP contribution in [0.3, 0.4) is 0 Å². The van der Waals surface area contributed by atoms with E-state index in [9.17, 15) is 4.79 Å². The van der Waals surface area contributed by atoms with Crippen LogP contribution in [0.15, 0.2) is 30.4 Å². The molecule has 0 fully saturated rings. The van der Waals surface area contributed by atoms with Crippen LogP contribution in [-0.2, 0) is 10.2 Å². The topological polar surface area (TPSA) is 47.6 Å². The van der Waals surface area contributed by atoms with Gasteiger partial charge in [-0.1, -0.05) is 12.1 Å². The highest BCUT2D eigenvalue weighted by molar-refractivity contribution is 5.91. The van der Waals surface area contributed by atoms with Crippen molar-refractivity contribution in [3.05, 3.63) is 35.9 Å². The lowest BCUT2D eigenvalue weighted by Crippen LogP contribution is -2.31. The number of nitrogens with one attached hydrogen (secondary N) is 1. The molecule has 1 aromatic rings. The molecule has 0 amide bonds. The summed E-state index contributed by atoms with van der Waals surface area (Å²) in [5.74, 6) is 1.65. The van der Waals surface area contributed by atoms with E-state index in [0.29, 0.717) is 6.42 Å². The van der Waals surface area contributed by atoms with E-state index in [1.54, 1.807) is 20.3 Å². The molecule has 1 aliphatic carbocycles. The Balaban J connectivity index is 2.41. The molecule has 4 heteroatoms. The number of ketones is 1. The summed E-state index contributed by atoms with van der Waals surface area (Å²) in [6.45, 7) is 0.896. The Kier molecular flexibility index (Phi) is 5.02. The van der Waals surface area contributed by atoms with E-state index in [-0.39, 0.29) is 11.2 Å². The molecule has 0 heterocycles. The minimum atomic E-state index is -0.115. The van der Waals surface area contributed by atoms with Crippen LogP contribution in [0.4, 0.5) is 0 Å². The fraction of sp³-hybridized carbons (Fsp3) is 0.471. The SMILES string of the molecule is CNCC[C@@]1(c2ccc(OC)c(OC)c2)C=CC(=O)CC1. The van der Waals surface area contributed by atoms with Crippen molar-refractivity contribution in [3.8, 4) is 11.5 Å². The average Bonchev–Trinajstić information content (AvgIpc) is 2.54. The lowest BCUT2D eigenvalue weighted by atomic mass is 9.71. The molecule has 0 aliphatic heterocycles. The molecule has 0 bridgehead atoms. The highest BCUT2D eigenvalue weighted by Gasteiger charge is 2.32. The highest BCUT2D eigenvalue weighted by atomic mass is 16.5. The van der Waals surface area contributed by atoms with Crippen molar-refractivity contribution < 1.29 is 14.3 Å². The third-order valence-corrected chi connectivity index (χ3v) is 4.19. The standard InChI is InChI=1S/C17H23NO3/c1-18-11-10-17(8-6-14(19)7-9-17)13-4-5-15(20-2)16(12-13)21-3/h4-6,8,12,18H,7,9-11H2,1-3H3/t17-/m1/s1. The van der Waals surface area contributed by atoms with Gasteiger partial charge < -0.3 is 14.8 Å². The summed E-state index contributed by atoms with van der Waals surface area (Å²) in [5.41, 5.74) is 1.05. The summed E-state index contributed by atoms with van der Waals surface area (Å²) in [6, 6.07) is 6.02. The van der Waals surface area contributed by atoms with Crippen molar-refractivity contribution in [2.45, 2.75) is 24.7 Å². The van der Waals surface area contributed by atoms with Crippen molar-refractivity contribution >= 4 is 5.78 Å². The molecular weight excluding hydrogens is 266 g/mol. The van der Waals surface area contributed by atoms with Crippen molar-refractivity contribution in [2.24, 2.45) is 0 Å². The van der Waals surface area contributed by atoms with Crippen molar-refractivity contribution in [2.75, 3.05) is 27.8 Å². The van der Waals surface area contributed by atoms with Crippen LogP contribution >= 0.6 is 0 Å². The number of carbonyl (C=O) groups is 1. The van der Waals surface area contributed by atoms with Gasteiger partial charge in [-0.2, -0.15) is 0 Å². The van der Waals surface area contributed by atoms with Gasteiger partial charge in [0.25, 0.3) is 0 Å². The first-order valence-electron chi connectivity index (χ1n) is 7.24. The predicted molar refractivity (Wildman–Crippen MR) is 83.1 cm³/mol. The molecule has 0 saturated carbocycles. The number of hydrogen-bond acceptors (Lipinski definition) is 4. The van der Waals surface area contributed by atoms with Crippen molar-refractivity contribution in [1.82, 2.24) is 5.32 Å². The summed E-state index contributed by atoms with van der Waals surface area (Å²) in [4.78, 5) is 11.5. The van der Waals surface area contributed by atoms with Gasteiger partial charge in [0.2, 0.25) is 0 Å². The molecule has 1 aromatic carbocycles. The molecule has 1 N–H and O–H groups in total. The van der Waals surface area contributed by atoms with E-state index in [1.165, 1.54) is 5.56 Å². The fourth-order valence-corrected chi connectivity index (χ4v) is 2.85. The van der Waals surface area contributed by atoms with Gasteiger partial charge in [0.1, 0.15) is 0 Å². The molecule has 0 saturated heterocycles. The van der Waals surface area contributed by atoms with E-state index in [4.69, 9.17) is 9.47 Å². The Labute approximate surface area is 126 Å². The van der Waals surface area contributed by atoms with Crippen LogP contribution in [0, 0.1) is 0 Å². The van der Waals surface area contributed by atoms with Gasteiger partial charge in [0.05, 0.1) is 14.2 Å². The normalized spacial score (nSPS) is 21.4. The number of hydrogen-bond donors (Lipinski definition) is 1. The summed E-state index contributed by atoms with van der Waals surface area (Å²) >= 11 is 0. The van der Waals surface area contributed by atoms with Crippen LogP contribution in [0.2, 0.25) is 0 Å². The predicted octanol–water partition coefficient (Wildman–Crippen LogP) is 2.47. The van der Waals surface area contributed by atoms with Crippen LogP contribution in [-0.4, -0.2) is 33.6 Å². The maximum absolute atomic E-state index is 11.5. The zero-order chi connectivity index (χ0) is 15.3. The van der Waals surface area contributed by atoms with Gasteiger partial charge in [0.15, 0.2) is 17.3 Å². The molecular formula is C17H23NO3. The first-order valence-corrected chi connectivity index (χ1v) is 7.24. The molecule has 0 unspecified atom stereocenters. The van der Waals surface area contributed by atoms with Crippen molar-refractivity contribution in [1.29, 1.82) is 0 Å². The molecule has 21 heavy (non-hydrogen) atoms. The minimum absolute atomic E-state index is 0.115. The Hall–Kier alpha value is -1.81. The lowest BCUT2D eigenvalue weighted by Gasteiger charge is -2.34. The van der Waals surface area contributed by atoms with E-state index < -0.39 is 0 Å². The summed E-state index contributed by atoms with van der Waals surface area (Å²) in [6.07, 6.45) is 6.14. The van der Waals surface area contributed by atoms with E-state index in [0.717, 1.165) is 30.9 Å². The number of methoxy groups -OCH3 is 2. The maximum atomic E-state index is 11.5. The maximum Gasteiger partial charge on any atom is 0.161 e. The summed E-state index contributed by atoms with van der Waals surface area (Å²) in [7, 11) is 5.22. The Morgan fingerprint density at radius 1 is 1.24 bits per heavy atom. The van der Waals surface area contributed by atoms with Crippen molar-refractivity contribution in [3.63, 3.8) is 0 Å². The number of allylic oxidation sites excluding steroid dienone is 2. The average molecular weight is 289 g/mol. The molecule has 0 spiro atoms. The smallest absolute Gasteiger partial charge is 0.161 e. The Morgan fingerprint density at radius 3 is 2.57 bits per heavy atom. The van der Waals surface area contributed by atoms with Gasteiger partial charge in [-0.15, -0.1) is 0 Å². The molecule has 4 nitrogen and oxygen atoms in total. The second-order valence-electron chi connectivity index (χ2n) is 5.38. The van der Waals surface area contributed by atoms with Crippen LogP contribution in [0.25, 0.3) is 0 Å². The van der Waals surface area contributed by atoms with Gasteiger partial charge in [0, 0.05) is 11.8 Å². The molecule has 1 atom stereocenters. The minimum Gasteiger partial charge on any atom is -0.493 e. The molecule has 114 valence electrons. The van der Waals surface area contributed by atoms with Gasteiger partial charge >= 0.3 is 0 Å². The zero-order valence-corrected chi connectivity index (χ0v) is 12.9. The second kappa shape index (κ2) is 6.76. The Bertz CT molecular complexity index is 539. The molecule has 0 radical (unpaired) electrons. The highest BCUT2D eigenvalue weighted by Crippen LogP contribution is 2.40. The zero-order valence-electron chi connectivity index (χ0n) is 12.9. The third-order valence-electron chi connectivity index (χ3n) is 4.19. The monoisotopic (exact) mass is 289 g/mol. The van der Waals surface area contributed by atoms with E-state index in [1.807, 2.05) is 19.2 Å². The lowest BCUT2D eigenvalue weighted by molar-refractivity contribution is -0.115. The number of benzene rings is 1. The molecule has 1 aliphatic rings. The van der Waals surface area contributed by atoms with Crippen LogP contribution < -0.4 is 14.8 Å². The summed E-state index contributed by atoms with van der Waals surface area (Å²) in [5, 5.41) is 3.20. The number of ether oxygens (including phenoxy) is 2. The third kappa shape index (κ3) is 3.27. The van der Waals surface area contributed by atoms with Gasteiger partial charge in [-0.3, -0.25) is 4.79 Å².